The third-order valence-corrected chi connectivity index (χ3v) is 9.31. The summed E-state index contributed by atoms with van der Waals surface area (Å²) in [7, 11) is 0.0766. The van der Waals surface area contributed by atoms with Gasteiger partial charge in [0.05, 0.1) is 36.0 Å². The molecule has 54 heavy (non-hydrogen) atoms. The lowest BCUT2D eigenvalue weighted by Gasteiger charge is -2.20. The summed E-state index contributed by atoms with van der Waals surface area (Å²) in [5, 5.41) is 10.5. The van der Waals surface area contributed by atoms with Crippen LogP contribution in [0.5, 0.6) is 28.7 Å². The molecular weight excluding hydrogens is 749 g/mol. The third-order valence-electron chi connectivity index (χ3n) is 7.54. The summed E-state index contributed by atoms with van der Waals surface area (Å²) < 4.78 is 46.0. The van der Waals surface area contributed by atoms with E-state index in [-0.39, 0.29) is 52.9 Å². The normalized spacial score (nSPS) is 13.2. The van der Waals surface area contributed by atoms with Crippen molar-refractivity contribution in [1.29, 1.82) is 0 Å². The minimum absolute atomic E-state index is 0.0220. The quantitative estimate of drug-likeness (QED) is 0.0690. The monoisotopic (exact) mass is 785 g/mol. The molecule has 4 N–H and O–H groups in total. The minimum Gasteiger partial charge on any atom is -0.496 e. The number of amides is 4. The number of aromatic nitrogens is 1. The van der Waals surface area contributed by atoms with Gasteiger partial charge in [-0.05, 0) is 54.8 Å². The molecule has 286 valence electrons. The molecule has 17 nitrogen and oxygen atoms in total. The Bertz CT molecular complexity index is 2100. The highest BCUT2D eigenvalue weighted by atomic mass is 35.5. The number of methoxy groups -OCH3 is 3. The zero-order valence-electron chi connectivity index (χ0n) is 29.6. The second-order valence-electron chi connectivity index (χ2n) is 11.6. The maximum absolute atomic E-state index is 13.4. The SMILES string of the molecule is CCC(=O)ONP(=O)(COC)Oc1cc(COC(=O)NC(=O)c2cc3c(Oc4ccc(NC(=O)NC5CC5)c(Cl)c4)ccnc3cc2OC)ccc1OC. The van der Waals surface area contributed by atoms with Crippen molar-refractivity contribution in [2.75, 3.05) is 33.0 Å². The van der Waals surface area contributed by atoms with E-state index in [9.17, 15) is 23.7 Å². The summed E-state index contributed by atoms with van der Waals surface area (Å²) in [6, 6.07) is 13.6. The standard InChI is InChI=1S/C35H37ClN5O12P/c1-5-32(42)52-41-54(46,19-47-2)53-31-14-20(6-11-29(31)48-3)18-50-35(45)40-33(43)24-16-23-27(17-30(24)49-4)37-13-12-28(23)51-22-9-10-26(25(36)15-22)39-34(44)38-21-7-8-21/h6,9-17,21H,5,7-8,18-19H2,1-4H3,(H,41,46)(H2,38,39,44)(H,40,43,45). The van der Waals surface area contributed by atoms with E-state index >= 15 is 0 Å². The third kappa shape index (κ3) is 10.5. The fraction of sp³-hybridized carbons (Fsp3) is 0.286. The van der Waals surface area contributed by atoms with Crippen LogP contribution < -0.4 is 39.9 Å². The number of imide groups is 1. The number of pyridine rings is 1. The number of nitrogens with zero attached hydrogens (tertiary/aromatic N) is 1. The van der Waals surface area contributed by atoms with Crippen molar-refractivity contribution in [3.63, 3.8) is 0 Å². The molecule has 4 aromatic rings. The van der Waals surface area contributed by atoms with Gasteiger partial charge in [-0.15, -0.1) is 0 Å². The Labute approximate surface area is 314 Å². The Hall–Kier alpha value is -5.61. The number of anilines is 1. The predicted molar refractivity (Wildman–Crippen MR) is 195 cm³/mol. The van der Waals surface area contributed by atoms with Crippen molar-refractivity contribution in [3.8, 4) is 28.7 Å². The highest BCUT2D eigenvalue weighted by Crippen LogP contribution is 2.46. The van der Waals surface area contributed by atoms with Crippen molar-refractivity contribution in [2.45, 2.75) is 38.8 Å². The van der Waals surface area contributed by atoms with Crippen LogP contribution in [0.4, 0.5) is 15.3 Å². The Morgan fingerprint density at radius 3 is 2.39 bits per heavy atom. The van der Waals surface area contributed by atoms with E-state index in [1.54, 1.807) is 31.2 Å². The van der Waals surface area contributed by atoms with Gasteiger partial charge in [0.25, 0.3) is 5.91 Å². The van der Waals surface area contributed by atoms with Crippen LogP contribution >= 0.6 is 19.1 Å². The number of carbonyl (C=O) groups is 4. The van der Waals surface area contributed by atoms with Gasteiger partial charge < -0.3 is 43.7 Å². The van der Waals surface area contributed by atoms with Crippen LogP contribution in [-0.2, 0) is 30.3 Å². The molecule has 0 spiro atoms. The average Bonchev–Trinajstić information content (AvgIpc) is 3.97. The van der Waals surface area contributed by atoms with Crippen LogP contribution in [0.1, 0.15) is 42.1 Å². The van der Waals surface area contributed by atoms with Gasteiger partial charge in [0, 0.05) is 43.3 Å². The minimum atomic E-state index is -3.93. The molecular formula is C35H37ClN5O12P. The fourth-order valence-electron chi connectivity index (χ4n) is 4.76. The highest BCUT2D eigenvalue weighted by Gasteiger charge is 2.29. The molecule has 1 fully saturated rings. The van der Waals surface area contributed by atoms with Gasteiger partial charge in [0.2, 0.25) is 0 Å². The molecule has 1 atom stereocenters. The maximum Gasteiger partial charge on any atom is 0.414 e. The summed E-state index contributed by atoms with van der Waals surface area (Å²) in [5.41, 5.74) is 1.17. The largest absolute Gasteiger partial charge is 0.496 e. The van der Waals surface area contributed by atoms with Crippen LogP contribution in [-0.4, -0.2) is 62.7 Å². The van der Waals surface area contributed by atoms with Gasteiger partial charge in [-0.2, -0.15) is 0 Å². The number of alkyl carbamates (subject to hydrolysis) is 1. The zero-order valence-corrected chi connectivity index (χ0v) is 31.2. The number of hydrogen-bond acceptors (Lipinski definition) is 13. The Morgan fingerprint density at radius 2 is 1.70 bits per heavy atom. The molecule has 4 amide bonds. The highest BCUT2D eigenvalue weighted by molar-refractivity contribution is 7.56. The van der Waals surface area contributed by atoms with Crippen molar-refractivity contribution >= 4 is 59.7 Å². The lowest BCUT2D eigenvalue weighted by molar-refractivity contribution is -0.147. The number of hydrogen-bond donors (Lipinski definition) is 4. The Kier molecular flexibility index (Phi) is 13.2. The van der Waals surface area contributed by atoms with Gasteiger partial charge >= 0.3 is 25.6 Å². The number of carbonyl (C=O) groups excluding carboxylic acids is 4. The van der Waals surface area contributed by atoms with E-state index in [1.807, 2.05) is 0 Å². The van der Waals surface area contributed by atoms with E-state index in [0.717, 1.165) is 12.8 Å². The molecule has 1 aliphatic carbocycles. The maximum atomic E-state index is 13.4. The Balaban J connectivity index is 1.27. The van der Waals surface area contributed by atoms with Crippen LogP contribution in [0.25, 0.3) is 10.9 Å². The first kappa shape index (κ1) is 39.6. The van der Waals surface area contributed by atoms with Crippen LogP contribution in [0.3, 0.4) is 0 Å². The number of benzene rings is 3. The number of rotatable bonds is 16. The molecule has 5 rings (SSSR count). The summed E-state index contributed by atoms with van der Waals surface area (Å²) in [5.74, 6) is -0.600. The topological polar surface area (TPSA) is 211 Å². The smallest absolute Gasteiger partial charge is 0.414 e. The number of urea groups is 1. The van der Waals surface area contributed by atoms with Gasteiger partial charge in [0.1, 0.15) is 30.2 Å². The van der Waals surface area contributed by atoms with Crippen molar-refractivity contribution in [3.05, 3.63) is 76.9 Å². The van der Waals surface area contributed by atoms with Crippen LogP contribution in [0.15, 0.2) is 60.8 Å². The molecule has 0 bridgehead atoms. The first-order chi connectivity index (χ1) is 25.9. The van der Waals surface area contributed by atoms with Gasteiger partial charge in [0.15, 0.2) is 11.5 Å². The van der Waals surface area contributed by atoms with Crippen molar-refractivity contribution < 1.29 is 56.8 Å². The molecule has 0 radical (unpaired) electrons. The molecule has 1 heterocycles. The van der Waals surface area contributed by atoms with Gasteiger partial charge in [-0.3, -0.25) is 24.5 Å². The number of fused-ring (bicyclic) bond motifs is 1. The van der Waals surface area contributed by atoms with E-state index in [4.69, 9.17) is 44.6 Å². The second kappa shape index (κ2) is 17.9. The first-order valence-corrected chi connectivity index (χ1v) is 18.5. The van der Waals surface area contributed by atoms with Crippen LogP contribution in [0, 0.1) is 0 Å². The summed E-state index contributed by atoms with van der Waals surface area (Å²) >= 11 is 6.42. The zero-order chi connectivity index (χ0) is 38.8. The fourth-order valence-corrected chi connectivity index (χ4v) is 6.16. The predicted octanol–water partition coefficient (Wildman–Crippen LogP) is 6.68. The molecule has 1 aliphatic rings. The molecule has 3 aromatic carbocycles. The summed E-state index contributed by atoms with van der Waals surface area (Å²) in [6.45, 7) is 1.22. The summed E-state index contributed by atoms with van der Waals surface area (Å²) in [6.07, 6.45) is 1.88. The number of nitrogens with one attached hydrogen (secondary N) is 4. The van der Waals surface area contributed by atoms with E-state index in [2.05, 4.69) is 26.2 Å². The van der Waals surface area contributed by atoms with E-state index in [1.165, 1.54) is 57.9 Å². The molecule has 19 heteroatoms. The van der Waals surface area contributed by atoms with E-state index in [0.29, 0.717) is 33.7 Å². The van der Waals surface area contributed by atoms with Crippen molar-refractivity contribution in [1.82, 2.24) is 20.9 Å². The molecule has 1 unspecified atom stereocenters. The molecule has 0 aliphatic heterocycles. The molecule has 1 aromatic heterocycles. The molecule has 1 saturated carbocycles. The number of ether oxygens (including phenoxy) is 5. The second-order valence-corrected chi connectivity index (χ2v) is 14.0. The summed E-state index contributed by atoms with van der Waals surface area (Å²) in [4.78, 5) is 59.1. The lowest BCUT2D eigenvalue weighted by Crippen LogP contribution is -2.31. The van der Waals surface area contributed by atoms with Gasteiger partial charge in [-0.1, -0.05) is 29.8 Å². The number of halogens is 1. The van der Waals surface area contributed by atoms with Crippen molar-refractivity contribution in [2.24, 2.45) is 0 Å². The van der Waals surface area contributed by atoms with E-state index < -0.39 is 31.8 Å². The average molecular weight is 786 g/mol. The van der Waals surface area contributed by atoms with Gasteiger partial charge in [-0.25, -0.2) is 9.59 Å². The lowest BCUT2D eigenvalue weighted by atomic mass is 10.1. The van der Waals surface area contributed by atoms with Crippen LogP contribution in [0.2, 0.25) is 5.02 Å². The first-order valence-electron chi connectivity index (χ1n) is 16.3. The molecule has 0 saturated heterocycles. The Morgan fingerprint density at radius 1 is 0.926 bits per heavy atom.